The minimum Gasteiger partial charge on any atom is -0.300 e. The van der Waals surface area contributed by atoms with Gasteiger partial charge in [-0.2, -0.15) is 21.6 Å². The summed E-state index contributed by atoms with van der Waals surface area (Å²) >= 11 is 0. The van der Waals surface area contributed by atoms with Crippen molar-refractivity contribution in [3.05, 3.63) is 0 Å². The number of hydrogen-bond acceptors (Lipinski definition) is 4. The van der Waals surface area contributed by atoms with Gasteiger partial charge in [0.2, 0.25) is 0 Å². The van der Waals surface area contributed by atoms with E-state index in [9.17, 15) is 21.6 Å². The molecule has 0 unspecified atom stereocenters. The van der Waals surface area contributed by atoms with Gasteiger partial charge in [-0.15, -0.1) is 0 Å². The van der Waals surface area contributed by atoms with Crippen molar-refractivity contribution < 1.29 is 25.8 Å². The zero-order valence-electron chi connectivity index (χ0n) is 11.2. The third-order valence-electron chi connectivity index (χ3n) is 4.10. The first-order chi connectivity index (χ1) is 9.29. The van der Waals surface area contributed by atoms with Crippen LogP contribution in [0.5, 0.6) is 0 Å². The summed E-state index contributed by atoms with van der Waals surface area (Å²) in [4.78, 5) is 2.37. The molecule has 2 rings (SSSR count). The van der Waals surface area contributed by atoms with Gasteiger partial charge < -0.3 is 4.90 Å². The molecule has 1 aliphatic heterocycles. The van der Waals surface area contributed by atoms with E-state index in [2.05, 4.69) is 9.08 Å². The second-order valence-corrected chi connectivity index (χ2v) is 7.09. The maximum absolute atomic E-state index is 12.2. The molecule has 8 heteroatoms. The molecule has 0 aromatic heterocycles. The Morgan fingerprint density at radius 1 is 0.950 bits per heavy atom. The fourth-order valence-corrected chi connectivity index (χ4v) is 3.68. The zero-order chi connectivity index (χ0) is 14.8. The van der Waals surface area contributed by atoms with Crippen LogP contribution in [-0.4, -0.2) is 44.1 Å². The van der Waals surface area contributed by atoms with Crippen LogP contribution >= 0.6 is 0 Å². The minimum absolute atomic E-state index is 0.365. The molecule has 20 heavy (non-hydrogen) atoms. The predicted octanol–water partition coefficient (Wildman–Crippen LogP) is 2.65. The van der Waals surface area contributed by atoms with Crippen molar-refractivity contribution in [2.45, 2.75) is 62.6 Å². The first-order valence-electron chi connectivity index (χ1n) is 7.03. The van der Waals surface area contributed by atoms with Gasteiger partial charge in [0, 0.05) is 6.04 Å². The number of hydrogen-bond donors (Lipinski definition) is 0. The van der Waals surface area contributed by atoms with E-state index >= 15 is 0 Å². The molecular weight excluding hydrogens is 295 g/mol. The lowest BCUT2D eigenvalue weighted by atomic mass is 9.91. The van der Waals surface area contributed by atoms with Crippen LogP contribution in [0.3, 0.4) is 0 Å². The van der Waals surface area contributed by atoms with E-state index in [1.165, 1.54) is 19.3 Å². The van der Waals surface area contributed by atoms with E-state index in [1.807, 2.05) is 0 Å². The standard InChI is InChI=1S/C12H20F3NO3S/c13-12(14,15)20(17,18)19-11-6-4-10(5-7-11)16-8-2-1-3-9-16/h10-11H,1-9H2. The Balaban J connectivity index is 1.82. The summed E-state index contributed by atoms with van der Waals surface area (Å²) in [6.45, 7) is 2.08. The van der Waals surface area contributed by atoms with Crippen LogP contribution in [-0.2, 0) is 14.3 Å². The molecular formula is C12H20F3NO3S. The lowest BCUT2D eigenvalue weighted by molar-refractivity contribution is -0.0594. The van der Waals surface area contributed by atoms with Crippen LogP contribution in [0.4, 0.5) is 13.2 Å². The van der Waals surface area contributed by atoms with Crippen molar-refractivity contribution in [1.29, 1.82) is 0 Å². The Hall–Kier alpha value is -0.340. The average Bonchev–Trinajstić information content (AvgIpc) is 2.39. The number of rotatable bonds is 3. The lowest BCUT2D eigenvalue weighted by Gasteiger charge is -2.38. The smallest absolute Gasteiger partial charge is 0.300 e. The van der Waals surface area contributed by atoms with E-state index in [1.54, 1.807) is 0 Å². The highest BCUT2D eigenvalue weighted by atomic mass is 32.2. The number of piperidine rings is 1. The summed E-state index contributed by atoms with van der Waals surface area (Å²) in [6.07, 6.45) is 4.89. The molecule has 0 amide bonds. The Bertz CT molecular complexity index is 410. The van der Waals surface area contributed by atoms with E-state index < -0.39 is 21.7 Å². The second-order valence-electron chi connectivity index (χ2n) is 5.52. The minimum atomic E-state index is -5.45. The predicted molar refractivity (Wildman–Crippen MR) is 67.5 cm³/mol. The van der Waals surface area contributed by atoms with Crippen LogP contribution < -0.4 is 0 Å². The quantitative estimate of drug-likeness (QED) is 0.593. The SMILES string of the molecule is O=S(=O)(OC1CCC(N2CCCCC2)CC1)C(F)(F)F. The number of alkyl halides is 3. The highest BCUT2D eigenvalue weighted by molar-refractivity contribution is 7.87. The van der Waals surface area contributed by atoms with Crippen LogP contribution in [0.1, 0.15) is 44.9 Å². The highest BCUT2D eigenvalue weighted by Gasteiger charge is 2.48. The summed E-state index contributed by atoms with van der Waals surface area (Å²) in [5, 5.41) is 0. The third kappa shape index (κ3) is 3.85. The molecule has 0 aromatic rings. The monoisotopic (exact) mass is 315 g/mol. The fourth-order valence-electron chi connectivity index (χ4n) is 3.02. The van der Waals surface area contributed by atoms with Gasteiger partial charge in [0.1, 0.15) is 0 Å². The summed E-state index contributed by atoms with van der Waals surface area (Å²) in [6, 6.07) is 0.365. The Kier molecular flexibility index (Phi) is 4.96. The molecule has 118 valence electrons. The Labute approximate surface area is 117 Å². The van der Waals surface area contributed by atoms with E-state index in [0.717, 1.165) is 13.1 Å². The van der Waals surface area contributed by atoms with Crippen LogP contribution in [0.2, 0.25) is 0 Å². The molecule has 1 saturated heterocycles. The van der Waals surface area contributed by atoms with Crippen molar-refractivity contribution in [2.24, 2.45) is 0 Å². The largest absolute Gasteiger partial charge is 0.523 e. The molecule has 1 aliphatic carbocycles. The second kappa shape index (κ2) is 6.19. The zero-order valence-corrected chi connectivity index (χ0v) is 12.0. The van der Waals surface area contributed by atoms with Gasteiger partial charge in [0.05, 0.1) is 6.10 Å². The summed E-state index contributed by atoms with van der Waals surface area (Å²) in [5.41, 5.74) is -5.32. The molecule has 0 spiro atoms. The molecule has 0 N–H and O–H groups in total. The molecule has 2 aliphatic rings. The van der Waals surface area contributed by atoms with Crippen molar-refractivity contribution in [2.75, 3.05) is 13.1 Å². The molecule has 0 radical (unpaired) electrons. The summed E-state index contributed by atoms with van der Waals surface area (Å²) in [7, 11) is -5.45. The summed E-state index contributed by atoms with van der Waals surface area (Å²) in [5.74, 6) is 0. The van der Waals surface area contributed by atoms with E-state index in [4.69, 9.17) is 0 Å². The summed E-state index contributed by atoms with van der Waals surface area (Å²) < 4.78 is 62.9. The highest BCUT2D eigenvalue weighted by Crippen LogP contribution is 2.32. The fraction of sp³-hybridized carbons (Fsp3) is 1.00. The molecule has 0 atom stereocenters. The average molecular weight is 315 g/mol. The first-order valence-corrected chi connectivity index (χ1v) is 8.44. The molecule has 0 aromatic carbocycles. The molecule has 0 bridgehead atoms. The molecule has 2 fully saturated rings. The Morgan fingerprint density at radius 3 is 2.00 bits per heavy atom. The lowest BCUT2D eigenvalue weighted by Crippen LogP contribution is -2.43. The van der Waals surface area contributed by atoms with Gasteiger partial charge in [-0.1, -0.05) is 6.42 Å². The molecule has 1 heterocycles. The van der Waals surface area contributed by atoms with Gasteiger partial charge in [0.15, 0.2) is 0 Å². The van der Waals surface area contributed by atoms with Crippen molar-refractivity contribution in [1.82, 2.24) is 4.90 Å². The van der Waals surface area contributed by atoms with Crippen molar-refractivity contribution >= 4 is 10.1 Å². The molecule has 4 nitrogen and oxygen atoms in total. The normalized spacial score (nSPS) is 30.4. The maximum Gasteiger partial charge on any atom is 0.523 e. The van der Waals surface area contributed by atoms with Crippen LogP contribution in [0, 0.1) is 0 Å². The van der Waals surface area contributed by atoms with Crippen LogP contribution in [0.15, 0.2) is 0 Å². The maximum atomic E-state index is 12.2. The van der Waals surface area contributed by atoms with Gasteiger partial charge in [-0.3, -0.25) is 4.18 Å². The Morgan fingerprint density at radius 2 is 1.50 bits per heavy atom. The number of nitrogens with zero attached hydrogens (tertiary/aromatic N) is 1. The van der Waals surface area contributed by atoms with Gasteiger partial charge in [0.25, 0.3) is 0 Å². The number of likely N-dealkylation sites (tertiary alicyclic amines) is 1. The van der Waals surface area contributed by atoms with E-state index in [-0.39, 0.29) is 0 Å². The van der Waals surface area contributed by atoms with Gasteiger partial charge >= 0.3 is 15.6 Å². The van der Waals surface area contributed by atoms with Crippen molar-refractivity contribution in [3.63, 3.8) is 0 Å². The third-order valence-corrected chi connectivity index (χ3v) is 5.19. The van der Waals surface area contributed by atoms with Gasteiger partial charge in [-0.05, 0) is 51.6 Å². The van der Waals surface area contributed by atoms with Crippen molar-refractivity contribution in [3.8, 4) is 0 Å². The number of halogens is 3. The van der Waals surface area contributed by atoms with Crippen LogP contribution in [0.25, 0.3) is 0 Å². The van der Waals surface area contributed by atoms with E-state index in [0.29, 0.717) is 31.7 Å². The van der Waals surface area contributed by atoms with Gasteiger partial charge in [-0.25, -0.2) is 0 Å². The molecule has 1 saturated carbocycles. The topological polar surface area (TPSA) is 46.6 Å². The first kappa shape index (κ1) is 16.0.